The zero-order valence-electron chi connectivity index (χ0n) is 18.3. The van der Waals surface area contributed by atoms with Crippen molar-refractivity contribution in [3.8, 4) is 0 Å². The van der Waals surface area contributed by atoms with Gasteiger partial charge in [-0.05, 0) is 89.8 Å². The van der Waals surface area contributed by atoms with E-state index in [0.717, 1.165) is 44.9 Å². The van der Waals surface area contributed by atoms with Crippen LogP contribution in [-0.2, 0) is 9.47 Å². The summed E-state index contributed by atoms with van der Waals surface area (Å²) in [5.41, 5.74) is 1.06. The van der Waals surface area contributed by atoms with Crippen molar-refractivity contribution >= 4 is 62.8 Å². The molecule has 2 bridgehead atoms. The van der Waals surface area contributed by atoms with Crippen LogP contribution in [0.5, 0.6) is 0 Å². The lowest BCUT2D eigenvalue weighted by atomic mass is 9.97. The van der Waals surface area contributed by atoms with Gasteiger partial charge in [-0.3, -0.25) is 0 Å². The number of carboxylic acid groups (broad SMARTS) is 2. The van der Waals surface area contributed by atoms with Crippen LogP contribution >= 0.6 is 45.2 Å². The van der Waals surface area contributed by atoms with Gasteiger partial charge in [-0.2, -0.15) is 0 Å². The van der Waals surface area contributed by atoms with E-state index in [1.165, 1.54) is 19.3 Å². The van der Waals surface area contributed by atoms with E-state index in [4.69, 9.17) is 9.47 Å². The van der Waals surface area contributed by atoms with E-state index in [0.29, 0.717) is 21.4 Å². The number of fused-ring (bicyclic) bond motifs is 10. The number of rotatable bonds is 5. The molecule has 0 aromatic heterocycles. The molecule has 2 heterocycles. The van der Waals surface area contributed by atoms with Crippen LogP contribution in [0.15, 0.2) is 0 Å². The molecule has 2 aliphatic heterocycles. The fraction of sp³-hybridized carbons (Fsp3) is 0.652. The summed E-state index contributed by atoms with van der Waals surface area (Å²) in [5.74, 6) is -2.28. The maximum atomic E-state index is 11.9. The Balaban J connectivity index is 1.85. The molecule has 1 saturated carbocycles. The minimum atomic E-state index is -1.14. The van der Waals surface area contributed by atoms with Crippen molar-refractivity contribution in [2.24, 2.45) is 0 Å². The van der Waals surface area contributed by atoms with Gasteiger partial charge in [-0.1, -0.05) is 32.1 Å². The SMILES string of the molecule is Cc1c(NCC2OC3CCCCCCCC(CCC3)O2)c(I)c(C(=O)O)c(I)c1C(=O)O. The molecule has 3 aliphatic rings. The van der Waals surface area contributed by atoms with Crippen LogP contribution < -0.4 is 5.32 Å². The summed E-state index contributed by atoms with van der Waals surface area (Å²) in [5, 5.41) is 22.7. The van der Waals surface area contributed by atoms with Crippen molar-refractivity contribution in [3.63, 3.8) is 0 Å². The zero-order valence-corrected chi connectivity index (χ0v) is 22.6. The van der Waals surface area contributed by atoms with Gasteiger partial charge >= 0.3 is 11.9 Å². The fourth-order valence-electron chi connectivity index (χ4n) is 4.60. The molecule has 0 amide bonds. The highest BCUT2D eigenvalue weighted by molar-refractivity contribution is 14.1. The van der Waals surface area contributed by atoms with Crippen molar-refractivity contribution in [1.29, 1.82) is 0 Å². The Morgan fingerprint density at radius 3 is 1.88 bits per heavy atom. The third-order valence-corrected chi connectivity index (χ3v) is 8.45. The van der Waals surface area contributed by atoms with Gasteiger partial charge in [0.2, 0.25) is 0 Å². The second kappa shape index (κ2) is 12.2. The van der Waals surface area contributed by atoms with Crippen LogP contribution in [0.25, 0.3) is 0 Å². The Bertz CT molecular complexity index is 783. The number of benzene rings is 1. The summed E-state index contributed by atoms with van der Waals surface area (Å²) in [6.45, 7) is 2.04. The quantitative estimate of drug-likeness (QED) is 0.328. The standard InChI is InChI=1S/C23H31I2NO6/c1-13-17(22(27)28)19(24)18(23(29)30)20(25)21(13)26-12-16-31-14-8-5-3-2-4-6-9-15(32-16)11-7-10-14/h14-16,26H,2-12H2,1H3,(H,27,28)(H,29,30). The Kier molecular flexibility index (Phi) is 9.86. The number of ether oxygens (including phenoxy) is 2. The molecule has 2 unspecified atom stereocenters. The van der Waals surface area contributed by atoms with E-state index in [-0.39, 0.29) is 26.9 Å². The topological polar surface area (TPSA) is 105 Å². The van der Waals surface area contributed by atoms with Crippen molar-refractivity contribution in [3.05, 3.63) is 23.8 Å². The maximum absolute atomic E-state index is 11.9. The molecule has 32 heavy (non-hydrogen) atoms. The summed E-state index contributed by atoms with van der Waals surface area (Å²) in [6.07, 6.45) is 11.1. The maximum Gasteiger partial charge on any atom is 0.337 e. The fourth-order valence-corrected chi connectivity index (χ4v) is 7.35. The van der Waals surface area contributed by atoms with Gasteiger partial charge in [-0.15, -0.1) is 0 Å². The second-order valence-electron chi connectivity index (χ2n) is 8.59. The normalized spacial score (nSPS) is 24.8. The summed E-state index contributed by atoms with van der Waals surface area (Å²) in [4.78, 5) is 23.7. The van der Waals surface area contributed by atoms with Crippen molar-refractivity contribution in [2.75, 3.05) is 11.9 Å². The summed E-state index contributed by atoms with van der Waals surface area (Å²) >= 11 is 3.79. The van der Waals surface area contributed by atoms with E-state index < -0.39 is 18.2 Å². The predicted molar refractivity (Wildman–Crippen MR) is 139 cm³/mol. The first-order valence-corrected chi connectivity index (χ1v) is 13.5. The number of hydrogen-bond donors (Lipinski definition) is 3. The highest BCUT2D eigenvalue weighted by Gasteiger charge is 2.29. The lowest BCUT2D eigenvalue weighted by Crippen LogP contribution is -2.37. The first kappa shape index (κ1) is 26.0. The summed E-state index contributed by atoms with van der Waals surface area (Å²) in [6, 6.07) is 0. The zero-order chi connectivity index (χ0) is 23.3. The van der Waals surface area contributed by atoms with Crippen LogP contribution in [0, 0.1) is 14.1 Å². The molecule has 3 fully saturated rings. The average Bonchev–Trinajstić information content (AvgIpc) is 2.67. The molecule has 1 aliphatic carbocycles. The smallest absolute Gasteiger partial charge is 0.337 e. The second-order valence-corrected chi connectivity index (χ2v) is 10.7. The number of halogens is 2. The first-order chi connectivity index (χ1) is 15.3. The number of aromatic carboxylic acids is 2. The lowest BCUT2D eigenvalue weighted by Gasteiger charge is -2.33. The highest BCUT2D eigenvalue weighted by atomic mass is 127. The number of hydrogen-bond acceptors (Lipinski definition) is 5. The first-order valence-electron chi connectivity index (χ1n) is 11.3. The van der Waals surface area contributed by atoms with E-state index in [1.807, 2.05) is 45.2 Å². The van der Waals surface area contributed by atoms with Crippen LogP contribution in [0.2, 0.25) is 0 Å². The van der Waals surface area contributed by atoms with E-state index >= 15 is 0 Å². The number of carbonyl (C=O) groups is 2. The Morgan fingerprint density at radius 2 is 1.34 bits per heavy atom. The van der Waals surface area contributed by atoms with Crippen LogP contribution in [0.1, 0.15) is 90.5 Å². The number of anilines is 1. The molecule has 0 spiro atoms. The van der Waals surface area contributed by atoms with Gasteiger partial charge in [0.25, 0.3) is 0 Å². The van der Waals surface area contributed by atoms with Crippen LogP contribution in [0.3, 0.4) is 0 Å². The molecule has 2 atom stereocenters. The molecule has 4 rings (SSSR count). The largest absolute Gasteiger partial charge is 0.478 e. The number of carboxylic acids is 2. The molecule has 178 valence electrons. The molecule has 1 aromatic rings. The third-order valence-electron chi connectivity index (χ3n) is 6.29. The summed E-state index contributed by atoms with van der Waals surface area (Å²) in [7, 11) is 0. The molecule has 0 radical (unpaired) electrons. The minimum absolute atomic E-state index is 0.00842. The van der Waals surface area contributed by atoms with Crippen molar-refractivity contribution < 1.29 is 29.3 Å². The number of nitrogens with one attached hydrogen (secondary N) is 1. The molecular weight excluding hydrogens is 640 g/mol. The average molecular weight is 671 g/mol. The Hall–Kier alpha value is -0.660. The van der Waals surface area contributed by atoms with Gasteiger partial charge in [0.1, 0.15) is 0 Å². The van der Waals surface area contributed by atoms with Crippen molar-refractivity contribution in [1.82, 2.24) is 0 Å². The minimum Gasteiger partial charge on any atom is -0.478 e. The van der Waals surface area contributed by atoms with Gasteiger partial charge in [0, 0.05) is 3.57 Å². The highest BCUT2D eigenvalue weighted by Crippen LogP contribution is 2.35. The van der Waals surface area contributed by atoms with E-state index in [2.05, 4.69) is 5.32 Å². The molecular formula is C23H31I2NO6. The predicted octanol–water partition coefficient (Wildman–Crippen LogP) is 6.04. The molecule has 9 heteroatoms. The van der Waals surface area contributed by atoms with Crippen LogP contribution in [0.4, 0.5) is 5.69 Å². The molecule has 2 saturated heterocycles. The van der Waals surface area contributed by atoms with Crippen LogP contribution in [-0.4, -0.2) is 47.2 Å². The van der Waals surface area contributed by atoms with Gasteiger partial charge < -0.3 is 25.0 Å². The van der Waals surface area contributed by atoms with E-state index in [1.54, 1.807) is 6.92 Å². The molecule has 1 aromatic carbocycles. The van der Waals surface area contributed by atoms with E-state index in [9.17, 15) is 19.8 Å². The summed E-state index contributed by atoms with van der Waals surface area (Å²) < 4.78 is 13.4. The van der Waals surface area contributed by atoms with Gasteiger partial charge in [-0.25, -0.2) is 9.59 Å². The molecule has 7 nitrogen and oxygen atoms in total. The Morgan fingerprint density at radius 1 is 0.844 bits per heavy atom. The van der Waals surface area contributed by atoms with Gasteiger partial charge in [0.15, 0.2) is 6.29 Å². The Labute approximate surface area is 216 Å². The lowest BCUT2D eigenvalue weighted by molar-refractivity contribution is -0.202. The van der Waals surface area contributed by atoms with Gasteiger partial charge in [0.05, 0.1) is 39.1 Å². The van der Waals surface area contributed by atoms with Crippen molar-refractivity contribution in [2.45, 2.75) is 89.6 Å². The monoisotopic (exact) mass is 671 g/mol. The third kappa shape index (κ3) is 6.47. The molecule has 3 N–H and O–H groups in total.